The van der Waals surface area contributed by atoms with Gasteiger partial charge < -0.3 is 32.5 Å². The Balaban J connectivity index is 3.53. The molecule has 9 nitrogen and oxygen atoms in total. The first-order valence-electron chi connectivity index (χ1n) is 13.0. The second-order valence-electron chi connectivity index (χ2n) is 10.1. The molecule has 0 radical (unpaired) electrons. The quantitative estimate of drug-likeness (QED) is 0.0729. The van der Waals surface area contributed by atoms with Gasteiger partial charge in [-0.1, -0.05) is 13.2 Å². The van der Waals surface area contributed by atoms with Crippen molar-refractivity contribution in [3.8, 4) is 0 Å². The third-order valence-electron chi connectivity index (χ3n) is 5.19. The maximum absolute atomic E-state index is 11.4. The predicted octanol–water partition coefficient (Wildman–Crippen LogP) is 4.50. The van der Waals surface area contributed by atoms with Gasteiger partial charge in [0.2, 0.25) is 0 Å². The van der Waals surface area contributed by atoms with Crippen LogP contribution in [0, 0.1) is 0 Å². The number of rotatable bonds is 24. The number of hydrogen-bond donors (Lipinski definition) is 0. The molecule has 0 aliphatic heterocycles. The fourth-order valence-electron chi connectivity index (χ4n) is 3.01. The van der Waals surface area contributed by atoms with Gasteiger partial charge in [-0.2, -0.15) is 0 Å². The molecule has 0 aromatic carbocycles. The Labute approximate surface area is 226 Å². The summed E-state index contributed by atoms with van der Waals surface area (Å²) in [6, 6.07) is 1.83. The summed E-state index contributed by atoms with van der Waals surface area (Å²) >= 11 is 0. The van der Waals surface area contributed by atoms with Gasteiger partial charge in [0.15, 0.2) is 16.6 Å². The predicted molar refractivity (Wildman–Crippen MR) is 150 cm³/mol. The van der Waals surface area contributed by atoms with Gasteiger partial charge in [-0.25, -0.2) is 9.59 Å². The summed E-state index contributed by atoms with van der Waals surface area (Å²) in [5, 5.41) is 0. The van der Waals surface area contributed by atoms with Gasteiger partial charge in [0.05, 0.1) is 66.1 Å². The summed E-state index contributed by atoms with van der Waals surface area (Å²) in [6.07, 6.45) is 1.57. The van der Waals surface area contributed by atoms with Crippen LogP contribution in [-0.2, 0) is 42.1 Å². The van der Waals surface area contributed by atoms with Crippen molar-refractivity contribution in [2.75, 3.05) is 66.1 Å². The summed E-state index contributed by atoms with van der Waals surface area (Å²) in [5.74, 6) is -0.683. The SMILES string of the molecule is C=C(C)C(=O)OCCC[Si](C)(C)OCCOCCOCCOCCO[Si](C)(C)CCCOC(=O)C(=C)C. The molecule has 0 amide bonds. The van der Waals surface area contributed by atoms with Gasteiger partial charge in [0, 0.05) is 11.1 Å². The van der Waals surface area contributed by atoms with Crippen LogP contribution in [-0.4, -0.2) is 94.6 Å². The van der Waals surface area contributed by atoms with E-state index in [0.29, 0.717) is 77.2 Å². The van der Waals surface area contributed by atoms with Crippen molar-refractivity contribution < 1.29 is 42.1 Å². The lowest BCUT2D eigenvalue weighted by Gasteiger charge is -2.22. The van der Waals surface area contributed by atoms with Gasteiger partial charge in [0.1, 0.15) is 0 Å². The monoisotopic (exact) mass is 562 g/mol. The second kappa shape index (κ2) is 20.6. The Bertz CT molecular complexity index is 625. The number of ether oxygens (including phenoxy) is 5. The molecule has 0 saturated carbocycles. The van der Waals surface area contributed by atoms with E-state index >= 15 is 0 Å². The van der Waals surface area contributed by atoms with Gasteiger partial charge in [-0.3, -0.25) is 0 Å². The van der Waals surface area contributed by atoms with Crippen LogP contribution in [0.5, 0.6) is 0 Å². The molecule has 0 spiro atoms. The van der Waals surface area contributed by atoms with E-state index in [0.717, 1.165) is 24.9 Å². The van der Waals surface area contributed by atoms with Crippen molar-refractivity contribution in [3.63, 3.8) is 0 Å². The zero-order chi connectivity index (χ0) is 28.2. The summed E-state index contributed by atoms with van der Waals surface area (Å²) in [6.45, 7) is 24.0. The summed E-state index contributed by atoms with van der Waals surface area (Å²) < 4.78 is 38.9. The highest BCUT2D eigenvalue weighted by Crippen LogP contribution is 2.15. The van der Waals surface area contributed by atoms with Crippen molar-refractivity contribution in [1.82, 2.24) is 0 Å². The van der Waals surface area contributed by atoms with E-state index in [1.807, 2.05) is 0 Å². The van der Waals surface area contributed by atoms with E-state index < -0.39 is 16.6 Å². The van der Waals surface area contributed by atoms with Crippen molar-refractivity contribution in [2.45, 2.75) is 65.0 Å². The number of carbonyl (C=O) groups excluding carboxylic acids is 2. The normalized spacial score (nSPS) is 11.8. The molecule has 0 aromatic rings. The lowest BCUT2D eigenvalue weighted by Crippen LogP contribution is -2.32. The highest BCUT2D eigenvalue weighted by Gasteiger charge is 2.23. The standard InChI is InChI=1S/C26H50O9Si2/c1-23(2)25(27)32-11-9-21-36(5,6)34-19-17-30-15-13-29-14-16-31-18-20-35-37(7,8)22-10-12-33-26(28)24(3)4/h1,3,9-22H2,2,4-8H3. The third-order valence-corrected chi connectivity index (χ3v) is 10.3. The molecule has 0 fully saturated rings. The zero-order valence-electron chi connectivity index (χ0n) is 24.0. The minimum absolute atomic E-state index is 0.342. The minimum atomic E-state index is -1.80. The molecular formula is C26H50O9Si2. The minimum Gasteiger partial charge on any atom is -0.462 e. The molecule has 0 heterocycles. The second-order valence-corrected chi connectivity index (χ2v) is 18.7. The fourth-order valence-corrected chi connectivity index (χ4v) is 6.56. The lowest BCUT2D eigenvalue weighted by molar-refractivity contribution is -0.139. The molecule has 0 unspecified atom stereocenters. The van der Waals surface area contributed by atoms with Crippen LogP contribution in [0.25, 0.3) is 0 Å². The van der Waals surface area contributed by atoms with E-state index in [2.05, 4.69) is 39.3 Å². The van der Waals surface area contributed by atoms with Crippen LogP contribution in [0.3, 0.4) is 0 Å². The Morgan fingerprint density at radius 2 is 0.838 bits per heavy atom. The summed E-state index contributed by atoms with van der Waals surface area (Å²) in [5.41, 5.74) is 0.837. The summed E-state index contributed by atoms with van der Waals surface area (Å²) in [4.78, 5) is 22.7. The molecule has 0 N–H and O–H groups in total. The Morgan fingerprint density at radius 1 is 0.541 bits per heavy atom. The maximum Gasteiger partial charge on any atom is 0.333 e. The Hall–Kier alpha value is -1.35. The van der Waals surface area contributed by atoms with Gasteiger partial charge in [-0.05, 0) is 65.0 Å². The topological polar surface area (TPSA) is 98.8 Å². The highest BCUT2D eigenvalue weighted by molar-refractivity contribution is 6.71. The Morgan fingerprint density at radius 3 is 1.14 bits per heavy atom. The van der Waals surface area contributed by atoms with Crippen molar-refractivity contribution in [3.05, 3.63) is 24.3 Å². The van der Waals surface area contributed by atoms with Crippen LogP contribution in [0.4, 0.5) is 0 Å². The van der Waals surface area contributed by atoms with Gasteiger partial charge in [0.25, 0.3) is 0 Å². The average molecular weight is 563 g/mol. The van der Waals surface area contributed by atoms with Gasteiger partial charge >= 0.3 is 11.9 Å². The zero-order valence-corrected chi connectivity index (χ0v) is 26.0. The largest absolute Gasteiger partial charge is 0.462 e. The summed E-state index contributed by atoms with van der Waals surface area (Å²) in [7, 11) is -3.60. The smallest absolute Gasteiger partial charge is 0.333 e. The molecule has 0 atom stereocenters. The van der Waals surface area contributed by atoms with Crippen LogP contribution < -0.4 is 0 Å². The fraction of sp³-hybridized carbons (Fsp3) is 0.769. The van der Waals surface area contributed by atoms with Crippen LogP contribution in [0.15, 0.2) is 24.3 Å². The Kier molecular flexibility index (Phi) is 19.8. The molecule has 216 valence electrons. The third kappa shape index (κ3) is 22.4. The van der Waals surface area contributed by atoms with E-state index in [1.165, 1.54) is 0 Å². The van der Waals surface area contributed by atoms with Crippen LogP contribution in [0.2, 0.25) is 38.3 Å². The van der Waals surface area contributed by atoms with Crippen molar-refractivity contribution >= 4 is 28.6 Å². The highest BCUT2D eigenvalue weighted by atomic mass is 28.4. The molecule has 0 bridgehead atoms. The van der Waals surface area contributed by atoms with Crippen molar-refractivity contribution in [1.29, 1.82) is 0 Å². The van der Waals surface area contributed by atoms with Crippen molar-refractivity contribution in [2.24, 2.45) is 0 Å². The molecule has 0 rings (SSSR count). The molecular weight excluding hydrogens is 512 g/mol. The van der Waals surface area contributed by atoms with E-state index in [1.54, 1.807) is 13.8 Å². The maximum atomic E-state index is 11.4. The number of carbonyl (C=O) groups is 2. The number of esters is 2. The molecule has 0 aliphatic carbocycles. The average Bonchev–Trinajstić information content (AvgIpc) is 2.82. The molecule has 11 heteroatoms. The van der Waals surface area contributed by atoms with E-state index in [4.69, 9.17) is 32.5 Å². The molecule has 0 saturated heterocycles. The van der Waals surface area contributed by atoms with Gasteiger partial charge in [-0.15, -0.1) is 0 Å². The lowest BCUT2D eigenvalue weighted by atomic mass is 10.4. The molecule has 0 aliphatic rings. The molecule has 37 heavy (non-hydrogen) atoms. The van der Waals surface area contributed by atoms with Crippen LogP contribution >= 0.6 is 0 Å². The van der Waals surface area contributed by atoms with E-state index in [9.17, 15) is 9.59 Å². The first-order valence-corrected chi connectivity index (χ1v) is 19.3. The van der Waals surface area contributed by atoms with Crippen LogP contribution in [0.1, 0.15) is 26.7 Å². The first kappa shape index (κ1) is 35.7. The first-order chi connectivity index (χ1) is 17.4. The molecule has 0 aromatic heterocycles. The van der Waals surface area contributed by atoms with E-state index in [-0.39, 0.29) is 11.9 Å². The number of hydrogen-bond acceptors (Lipinski definition) is 9.